The number of unbranched alkanes of at least 4 members (excludes halogenated alkanes) is 1. The van der Waals surface area contributed by atoms with Crippen LogP contribution in [0.5, 0.6) is 0 Å². The van der Waals surface area contributed by atoms with Crippen LogP contribution in [0.15, 0.2) is 36.4 Å². The SMILES string of the molecule is CCCCN(CC)C(=O)C(C)NC(=O)/C=C/c1ccccc1. The Morgan fingerprint density at radius 1 is 1.23 bits per heavy atom. The van der Waals surface area contributed by atoms with Crippen molar-refractivity contribution in [2.45, 2.75) is 39.7 Å². The third-order valence-corrected chi connectivity index (χ3v) is 3.43. The minimum Gasteiger partial charge on any atom is -0.341 e. The maximum atomic E-state index is 12.3. The first-order chi connectivity index (χ1) is 10.6. The van der Waals surface area contributed by atoms with Gasteiger partial charge in [0.1, 0.15) is 6.04 Å². The minimum atomic E-state index is -0.510. The first-order valence-corrected chi connectivity index (χ1v) is 7.90. The molecule has 1 unspecified atom stereocenters. The van der Waals surface area contributed by atoms with E-state index in [1.54, 1.807) is 17.9 Å². The zero-order valence-electron chi connectivity index (χ0n) is 13.7. The van der Waals surface area contributed by atoms with Crippen LogP contribution >= 0.6 is 0 Å². The summed E-state index contributed by atoms with van der Waals surface area (Å²) in [4.78, 5) is 26.0. The monoisotopic (exact) mass is 302 g/mol. The van der Waals surface area contributed by atoms with E-state index in [-0.39, 0.29) is 11.8 Å². The van der Waals surface area contributed by atoms with Gasteiger partial charge in [-0.05, 0) is 31.9 Å². The Balaban J connectivity index is 2.52. The van der Waals surface area contributed by atoms with E-state index in [0.29, 0.717) is 6.54 Å². The molecule has 0 radical (unpaired) electrons. The number of hydrogen-bond donors (Lipinski definition) is 1. The van der Waals surface area contributed by atoms with Gasteiger partial charge in [-0.2, -0.15) is 0 Å². The number of amides is 2. The summed E-state index contributed by atoms with van der Waals surface area (Å²) < 4.78 is 0. The van der Waals surface area contributed by atoms with Gasteiger partial charge in [0.2, 0.25) is 11.8 Å². The zero-order chi connectivity index (χ0) is 16.4. The highest BCUT2D eigenvalue weighted by Gasteiger charge is 2.19. The highest BCUT2D eigenvalue weighted by molar-refractivity contribution is 5.95. The van der Waals surface area contributed by atoms with Crippen molar-refractivity contribution in [3.8, 4) is 0 Å². The molecule has 0 saturated carbocycles. The van der Waals surface area contributed by atoms with Crippen molar-refractivity contribution in [1.29, 1.82) is 0 Å². The van der Waals surface area contributed by atoms with E-state index in [0.717, 1.165) is 24.9 Å². The third-order valence-electron chi connectivity index (χ3n) is 3.43. The number of nitrogens with one attached hydrogen (secondary N) is 1. The summed E-state index contributed by atoms with van der Waals surface area (Å²) in [5.74, 6) is -0.284. The molecule has 1 aromatic carbocycles. The molecule has 0 saturated heterocycles. The minimum absolute atomic E-state index is 0.0302. The van der Waals surface area contributed by atoms with Gasteiger partial charge < -0.3 is 10.2 Å². The Morgan fingerprint density at radius 2 is 1.91 bits per heavy atom. The molecule has 4 nitrogen and oxygen atoms in total. The van der Waals surface area contributed by atoms with Crippen molar-refractivity contribution in [3.05, 3.63) is 42.0 Å². The van der Waals surface area contributed by atoms with Crippen LogP contribution in [-0.2, 0) is 9.59 Å². The maximum absolute atomic E-state index is 12.3. The average molecular weight is 302 g/mol. The van der Waals surface area contributed by atoms with Crippen molar-refractivity contribution in [3.63, 3.8) is 0 Å². The summed E-state index contributed by atoms with van der Waals surface area (Å²) >= 11 is 0. The fraction of sp³-hybridized carbons (Fsp3) is 0.444. The van der Waals surface area contributed by atoms with Crippen LogP contribution in [0.1, 0.15) is 39.2 Å². The first-order valence-electron chi connectivity index (χ1n) is 7.90. The van der Waals surface area contributed by atoms with E-state index in [1.807, 2.05) is 37.3 Å². The fourth-order valence-electron chi connectivity index (χ4n) is 2.11. The molecule has 22 heavy (non-hydrogen) atoms. The molecule has 1 N–H and O–H groups in total. The van der Waals surface area contributed by atoms with Crippen molar-refractivity contribution in [2.24, 2.45) is 0 Å². The van der Waals surface area contributed by atoms with Gasteiger partial charge in [0, 0.05) is 19.2 Å². The highest BCUT2D eigenvalue weighted by Crippen LogP contribution is 2.02. The number of benzene rings is 1. The predicted octanol–water partition coefficient (Wildman–Crippen LogP) is 2.85. The lowest BCUT2D eigenvalue weighted by molar-refractivity contribution is -0.135. The average Bonchev–Trinajstić information content (AvgIpc) is 2.54. The lowest BCUT2D eigenvalue weighted by atomic mass is 10.2. The normalized spacial score (nSPS) is 12.1. The van der Waals surface area contributed by atoms with Gasteiger partial charge in [0.25, 0.3) is 0 Å². The van der Waals surface area contributed by atoms with Crippen LogP contribution < -0.4 is 5.32 Å². The van der Waals surface area contributed by atoms with Gasteiger partial charge in [-0.3, -0.25) is 9.59 Å². The molecule has 1 atom stereocenters. The first kappa shape index (κ1) is 18.0. The fourth-order valence-corrected chi connectivity index (χ4v) is 2.11. The van der Waals surface area contributed by atoms with E-state index >= 15 is 0 Å². The number of rotatable bonds is 8. The molecule has 0 aromatic heterocycles. The van der Waals surface area contributed by atoms with Gasteiger partial charge in [0.05, 0.1) is 0 Å². The van der Waals surface area contributed by atoms with Crippen molar-refractivity contribution in [1.82, 2.24) is 10.2 Å². The predicted molar refractivity (Wildman–Crippen MR) is 90.2 cm³/mol. The lowest BCUT2D eigenvalue weighted by Crippen LogP contribution is -2.46. The second-order valence-electron chi connectivity index (χ2n) is 5.25. The molecule has 4 heteroatoms. The van der Waals surface area contributed by atoms with Crippen LogP contribution in [0.3, 0.4) is 0 Å². The number of likely N-dealkylation sites (N-methyl/N-ethyl adjacent to an activating group) is 1. The molecule has 0 aliphatic rings. The maximum Gasteiger partial charge on any atom is 0.244 e. The molecule has 120 valence electrons. The Hall–Kier alpha value is -2.10. The van der Waals surface area contributed by atoms with Crippen molar-refractivity contribution >= 4 is 17.9 Å². The highest BCUT2D eigenvalue weighted by atomic mass is 16.2. The summed E-state index contributed by atoms with van der Waals surface area (Å²) in [5.41, 5.74) is 0.953. The van der Waals surface area contributed by atoms with Gasteiger partial charge in [-0.15, -0.1) is 0 Å². The van der Waals surface area contributed by atoms with Crippen LogP contribution in [0.4, 0.5) is 0 Å². The lowest BCUT2D eigenvalue weighted by Gasteiger charge is -2.24. The molecule has 1 aromatic rings. The Bertz CT molecular complexity index is 497. The summed E-state index contributed by atoms with van der Waals surface area (Å²) in [6.45, 7) is 7.19. The van der Waals surface area contributed by atoms with E-state index in [4.69, 9.17) is 0 Å². The van der Waals surface area contributed by atoms with Gasteiger partial charge in [-0.1, -0.05) is 43.7 Å². The Morgan fingerprint density at radius 3 is 2.50 bits per heavy atom. The van der Waals surface area contributed by atoms with Crippen LogP contribution in [0.2, 0.25) is 0 Å². The van der Waals surface area contributed by atoms with Crippen molar-refractivity contribution < 1.29 is 9.59 Å². The number of hydrogen-bond acceptors (Lipinski definition) is 2. The Kier molecular flexibility index (Phi) is 7.97. The third kappa shape index (κ3) is 6.12. The summed E-state index contributed by atoms with van der Waals surface area (Å²) in [6.07, 6.45) is 5.22. The molecule has 0 bridgehead atoms. The number of nitrogens with zero attached hydrogens (tertiary/aromatic N) is 1. The second-order valence-corrected chi connectivity index (χ2v) is 5.25. The molecule has 0 spiro atoms. The van der Waals surface area contributed by atoms with E-state index in [2.05, 4.69) is 12.2 Å². The van der Waals surface area contributed by atoms with Gasteiger partial charge >= 0.3 is 0 Å². The van der Waals surface area contributed by atoms with Crippen LogP contribution in [0.25, 0.3) is 6.08 Å². The summed E-state index contributed by atoms with van der Waals surface area (Å²) in [7, 11) is 0. The number of carbonyl (C=O) groups excluding carboxylic acids is 2. The van der Waals surface area contributed by atoms with Crippen LogP contribution in [0, 0.1) is 0 Å². The molecule has 0 aliphatic heterocycles. The largest absolute Gasteiger partial charge is 0.341 e. The molecule has 0 aliphatic carbocycles. The molecule has 1 rings (SSSR count). The zero-order valence-corrected chi connectivity index (χ0v) is 13.7. The molecule has 0 fully saturated rings. The Labute approximate surface area is 133 Å². The standard InChI is InChI=1S/C18H26N2O2/c1-4-6-14-20(5-2)18(22)15(3)19-17(21)13-12-16-10-8-7-9-11-16/h7-13,15H,4-6,14H2,1-3H3,(H,19,21)/b13-12+. The summed E-state index contributed by atoms with van der Waals surface area (Å²) in [5, 5.41) is 2.72. The van der Waals surface area contributed by atoms with Gasteiger partial charge in [-0.25, -0.2) is 0 Å². The van der Waals surface area contributed by atoms with Gasteiger partial charge in [0.15, 0.2) is 0 Å². The molecular weight excluding hydrogens is 276 g/mol. The summed E-state index contributed by atoms with van der Waals surface area (Å²) in [6, 6.07) is 9.08. The topological polar surface area (TPSA) is 49.4 Å². The smallest absolute Gasteiger partial charge is 0.244 e. The van der Waals surface area contributed by atoms with Crippen molar-refractivity contribution in [2.75, 3.05) is 13.1 Å². The van der Waals surface area contributed by atoms with E-state index in [1.165, 1.54) is 6.08 Å². The molecule has 0 heterocycles. The van der Waals surface area contributed by atoms with Crippen LogP contribution in [-0.4, -0.2) is 35.8 Å². The van der Waals surface area contributed by atoms with E-state index in [9.17, 15) is 9.59 Å². The second kappa shape index (κ2) is 9.77. The molecule has 2 amide bonds. The molecular formula is C18H26N2O2. The van der Waals surface area contributed by atoms with E-state index < -0.39 is 6.04 Å². The quantitative estimate of drug-likeness (QED) is 0.751. The number of carbonyl (C=O) groups is 2.